The molecule has 1 aromatic rings. The first-order valence-corrected chi connectivity index (χ1v) is 5.60. The Morgan fingerprint density at radius 3 is 2.74 bits per heavy atom. The maximum absolute atomic E-state index is 13.4. The lowest BCUT2D eigenvalue weighted by atomic mass is 10.3. The predicted molar refractivity (Wildman–Crippen MR) is 66.6 cm³/mol. The molecule has 0 aliphatic carbocycles. The van der Waals surface area contributed by atoms with E-state index in [2.05, 4.69) is 15.4 Å². The fraction of sp³-hybridized carbons (Fsp3) is 0.333. The first-order chi connectivity index (χ1) is 9.06. The van der Waals surface area contributed by atoms with Gasteiger partial charge >= 0.3 is 12.0 Å². The second-order valence-electron chi connectivity index (χ2n) is 3.46. The first-order valence-electron chi connectivity index (χ1n) is 5.60. The van der Waals surface area contributed by atoms with Gasteiger partial charge in [0, 0.05) is 6.07 Å². The summed E-state index contributed by atoms with van der Waals surface area (Å²) in [5.74, 6) is -0.766. The number of anilines is 1. The standard InChI is InChI=1S/C12H15FN2O4/c1-3-19-11(16)7-14-12(17)15-10-6-8(18-2)4-5-9(10)13/h4-6H,3,7H2,1-2H3,(H2,14,15,17). The Hall–Kier alpha value is -2.31. The van der Waals surface area contributed by atoms with E-state index in [1.807, 2.05) is 0 Å². The summed E-state index contributed by atoms with van der Waals surface area (Å²) in [5.41, 5.74) is -0.0410. The molecule has 0 radical (unpaired) electrons. The molecule has 0 saturated heterocycles. The Bertz CT molecular complexity index is 465. The van der Waals surface area contributed by atoms with Crippen molar-refractivity contribution in [1.82, 2.24) is 5.32 Å². The monoisotopic (exact) mass is 270 g/mol. The lowest BCUT2D eigenvalue weighted by Crippen LogP contribution is -2.34. The van der Waals surface area contributed by atoms with E-state index >= 15 is 0 Å². The highest BCUT2D eigenvalue weighted by Gasteiger charge is 2.09. The van der Waals surface area contributed by atoms with Gasteiger partial charge in [0.25, 0.3) is 0 Å². The second-order valence-corrected chi connectivity index (χ2v) is 3.46. The Kier molecular flexibility index (Phi) is 5.59. The van der Waals surface area contributed by atoms with Crippen LogP contribution in [0.3, 0.4) is 0 Å². The first kappa shape index (κ1) is 14.7. The third-order valence-electron chi connectivity index (χ3n) is 2.12. The molecule has 0 spiro atoms. The fourth-order valence-corrected chi connectivity index (χ4v) is 1.26. The molecule has 0 aliphatic heterocycles. The zero-order chi connectivity index (χ0) is 14.3. The van der Waals surface area contributed by atoms with Gasteiger partial charge in [0.1, 0.15) is 18.1 Å². The molecule has 104 valence electrons. The van der Waals surface area contributed by atoms with Gasteiger partial charge in [-0.25, -0.2) is 9.18 Å². The molecular formula is C12H15FN2O4. The van der Waals surface area contributed by atoms with Gasteiger partial charge in [-0.15, -0.1) is 0 Å². The minimum atomic E-state index is -0.708. The fourth-order valence-electron chi connectivity index (χ4n) is 1.26. The van der Waals surface area contributed by atoms with Crippen LogP contribution in [0, 0.1) is 5.82 Å². The molecule has 2 amide bonds. The number of ether oxygens (including phenoxy) is 2. The van der Waals surface area contributed by atoms with Crippen molar-refractivity contribution >= 4 is 17.7 Å². The van der Waals surface area contributed by atoms with Gasteiger partial charge in [0.15, 0.2) is 0 Å². The molecule has 0 unspecified atom stereocenters. The van der Waals surface area contributed by atoms with Crippen LogP contribution in [0.4, 0.5) is 14.9 Å². The van der Waals surface area contributed by atoms with Gasteiger partial charge < -0.3 is 20.1 Å². The maximum atomic E-state index is 13.4. The van der Waals surface area contributed by atoms with Crippen LogP contribution in [0.5, 0.6) is 5.75 Å². The average molecular weight is 270 g/mol. The molecular weight excluding hydrogens is 255 g/mol. The van der Waals surface area contributed by atoms with Crippen molar-refractivity contribution in [2.75, 3.05) is 25.6 Å². The molecule has 0 fully saturated rings. The van der Waals surface area contributed by atoms with Gasteiger partial charge in [-0.3, -0.25) is 4.79 Å². The Labute approximate surface area is 109 Å². The molecule has 19 heavy (non-hydrogen) atoms. The number of urea groups is 1. The van der Waals surface area contributed by atoms with Crippen LogP contribution in [-0.4, -0.2) is 32.3 Å². The third-order valence-corrected chi connectivity index (χ3v) is 2.12. The minimum absolute atomic E-state index is 0.0410. The molecule has 7 heteroatoms. The third kappa shape index (κ3) is 4.82. The number of hydrogen-bond acceptors (Lipinski definition) is 4. The molecule has 1 rings (SSSR count). The van der Waals surface area contributed by atoms with E-state index in [9.17, 15) is 14.0 Å². The number of amides is 2. The predicted octanol–water partition coefficient (Wildman–Crippen LogP) is 1.52. The smallest absolute Gasteiger partial charge is 0.325 e. The molecule has 0 aromatic heterocycles. The zero-order valence-electron chi connectivity index (χ0n) is 10.7. The molecule has 0 heterocycles. The van der Waals surface area contributed by atoms with E-state index in [1.54, 1.807) is 6.92 Å². The minimum Gasteiger partial charge on any atom is -0.497 e. The second kappa shape index (κ2) is 7.20. The topological polar surface area (TPSA) is 76.7 Å². The lowest BCUT2D eigenvalue weighted by molar-refractivity contribution is -0.141. The van der Waals surface area contributed by atoms with Gasteiger partial charge in [-0.2, -0.15) is 0 Å². The number of benzene rings is 1. The van der Waals surface area contributed by atoms with E-state index < -0.39 is 17.8 Å². The van der Waals surface area contributed by atoms with Gasteiger partial charge in [-0.1, -0.05) is 0 Å². The van der Waals surface area contributed by atoms with Crippen molar-refractivity contribution in [2.45, 2.75) is 6.92 Å². The number of halogens is 1. The maximum Gasteiger partial charge on any atom is 0.325 e. The quantitative estimate of drug-likeness (QED) is 0.795. The van der Waals surface area contributed by atoms with Crippen molar-refractivity contribution in [3.8, 4) is 5.75 Å². The number of carbonyl (C=O) groups excluding carboxylic acids is 2. The van der Waals surface area contributed by atoms with E-state index in [0.29, 0.717) is 5.75 Å². The highest BCUT2D eigenvalue weighted by atomic mass is 19.1. The van der Waals surface area contributed by atoms with E-state index in [4.69, 9.17) is 4.74 Å². The number of esters is 1. The van der Waals surface area contributed by atoms with E-state index in [1.165, 1.54) is 25.3 Å². The Morgan fingerprint density at radius 2 is 2.11 bits per heavy atom. The van der Waals surface area contributed by atoms with Crippen molar-refractivity contribution in [3.63, 3.8) is 0 Å². The highest BCUT2D eigenvalue weighted by Crippen LogP contribution is 2.20. The van der Waals surface area contributed by atoms with Crippen LogP contribution in [0.25, 0.3) is 0 Å². The number of nitrogens with one attached hydrogen (secondary N) is 2. The van der Waals surface area contributed by atoms with Crippen LogP contribution in [0.1, 0.15) is 6.92 Å². The van der Waals surface area contributed by atoms with Crippen molar-refractivity contribution in [2.24, 2.45) is 0 Å². The summed E-state index contributed by atoms with van der Waals surface area (Å²) in [6.45, 7) is 1.60. The van der Waals surface area contributed by atoms with Gasteiger partial charge in [0.05, 0.1) is 19.4 Å². The Balaban J connectivity index is 2.54. The largest absolute Gasteiger partial charge is 0.497 e. The van der Waals surface area contributed by atoms with Crippen LogP contribution in [-0.2, 0) is 9.53 Å². The summed E-state index contributed by atoms with van der Waals surface area (Å²) in [4.78, 5) is 22.4. The van der Waals surface area contributed by atoms with Gasteiger partial charge in [0.2, 0.25) is 0 Å². The average Bonchev–Trinajstić information content (AvgIpc) is 2.39. The summed E-state index contributed by atoms with van der Waals surface area (Å²) in [6.07, 6.45) is 0. The van der Waals surface area contributed by atoms with Gasteiger partial charge in [-0.05, 0) is 19.1 Å². The van der Waals surface area contributed by atoms with E-state index in [-0.39, 0.29) is 18.8 Å². The molecule has 6 nitrogen and oxygen atoms in total. The van der Waals surface area contributed by atoms with Crippen molar-refractivity contribution in [1.29, 1.82) is 0 Å². The summed E-state index contributed by atoms with van der Waals surface area (Å²) in [6, 6.07) is 3.22. The molecule has 0 aliphatic rings. The number of methoxy groups -OCH3 is 1. The van der Waals surface area contributed by atoms with Crippen LogP contribution < -0.4 is 15.4 Å². The normalized spacial score (nSPS) is 9.63. The molecule has 0 bridgehead atoms. The lowest BCUT2D eigenvalue weighted by Gasteiger charge is -2.09. The molecule has 0 atom stereocenters. The van der Waals surface area contributed by atoms with Crippen LogP contribution >= 0.6 is 0 Å². The van der Waals surface area contributed by atoms with Crippen LogP contribution in [0.2, 0.25) is 0 Å². The van der Waals surface area contributed by atoms with Crippen molar-refractivity contribution < 1.29 is 23.5 Å². The molecule has 0 saturated carbocycles. The SMILES string of the molecule is CCOC(=O)CNC(=O)Nc1cc(OC)ccc1F. The number of carbonyl (C=O) groups is 2. The summed E-state index contributed by atoms with van der Waals surface area (Å²) in [7, 11) is 1.43. The summed E-state index contributed by atoms with van der Waals surface area (Å²) in [5, 5.41) is 4.52. The van der Waals surface area contributed by atoms with E-state index in [0.717, 1.165) is 0 Å². The van der Waals surface area contributed by atoms with Crippen LogP contribution in [0.15, 0.2) is 18.2 Å². The zero-order valence-corrected chi connectivity index (χ0v) is 10.7. The summed E-state index contributed by atoms with van der Waals surface area (Å²) >= 11 is 0. The number of hydrogen-bond donors (Lipinski definition) is 2. The Morgan fingerprint density at radius 1 is 1.37 bits per heavy atom. The summed E-state index contributed by atoms with van der Waals surface area (Å²) < 4.78 is 22.9. The van der Waals surface area contributed by atoms with Crippen molar-refractivity contribution in [3.05, 3.63) is 24.0 Å². The highest BCUT2D eigenvalue weighted by molar-refractivity contribution is 5.91. The molecule has 2 N–H and O–H groups in total. The molecule has 1 aromatic carbocycles. The number of rotatable bonds is 5.